The van der Waals surface area contributed by atoms with Crippen molar-refractivity contribution in [3.63, 3.8) is 0 Å². The molecule has 100 valence electrons. The molecule has 6 heteroatoms. The molecule has 20 heavy (non-hydrogen) atoms. The van der Waals surface area contributed by atoms with E-state index in [4.69, 9.17) is 15.2 Å². The summed E-state index contributed by atoms with van der Waals surface area (Å²) in [4.78, 5) is 4.26. The number of rotatable bonds is 2. The maximum Gasteiger partial charge on any atom is 0.231 e. The van der Waals surface area contributed by atoms with E-state index in [-0.39, 0.29) is 6.79 Å². The van der Waals surface area contributed by atoms with Crippen molar-refractivity contribution in [2.24, 2.45) is 5.73 Å². The van der Waals surface area contributed by atoms with Crippen LogP contribution >= 0.6 is 0 Å². The first-order valence-corrected chi connectivity index (χ1v) is 6.29. The summed E-state index contributed by atoms with van der Waals surface area (Å²) in [6.45, 7) is 0.669. The molecule has 0 fully saturated rings. The lowest BCUT2D eigenvalue weighted by molar-refractivity contribution is 0.174. The molecule has 0 saturated carbocycles. The van der Waals surface area contributed by atoms with Gasteiger partial charge in [0.15, 0.2) is 17.1 Å². The van der Waals surface area contributed by atoms with Crippen LogP contribution in [0, 0.1) is 0 Å². The Morgan fingerprint density at radius 2 is 2.05 bits per heavy atom. The summed E-state index contributed by atoms with van der Waals surface area (Å²) in [5.74, 6) is 1.51. The van der Waals surface area contributed by atoms with Gasteiger partial charge in [-0.15, -0.1) is 0 Å². The number of imidazole rings is 1. The molecule has 0 unspecified atom stereocenters. The van der Waals surface area contributed by atoms with Gasteiger partial charge in [0.05, 0.1) is 17.6 Å². The molecule has 1 aliphatic rings. The normalized spacial score (nSPS) is 13.1. The van der Waals surface area contributed by atoms with E-state index in [0.29, 0.717) is 6.54 Å². The minimum atomic E-state index is 0.268. The lowest BCUT2D eigenvalue weighted by atomic mass is 10.1. The Morgan fingerprint density at radius 1 is 1.15 bits per heavy atom. The van der Waals surface area contributed by atoms with Gasteiger partial charge in [-0.1, -0.05) is 0 Å². The molecule has 0 atom stereocenters. The van der Waals surface area contributed by atoms with Gasteiger partial charge in [-0.05, 0) is 30.3 Å². The first-order valence-electron chi connectivity index (χ1n) is 6.29. The maximum atomic E-state index is 5.69. The summed E-state index contributed by atoms with van der Waals surface area (Å²) in [5.41, 5.74) is 9.15. The van der Waals surface area contributed by atoms with Gasteiger partial charge in [0.1, 0.15) is 0 Å². The topological polar surface area (TPSA) is 74.7 Å². The van der Waals surface area contributed by atoms with Crippen molar-refractivity contribution in [2.45, 2.75) is 6.54 Å². The monoisotopic (exact) mass is 268 g/mol. The fraction of sp³-hybridized carbons (Fsp3) is 0.143. The molecule has 6 nitrogen and oxygen atoms in total. The van der Waals surface area contributed by atoms with Crippen molar-refractivity contribution in [1.82, 2.24) is 14.6 Å². The molecule has 0 saturated heterocycles. The Labute approximate surface area is 114 Å². The molecule has 0 bridgehead atoms. The van der Waals surface area contributed by atoms with E-state index in [2.05, 4.69) is 10.1 Å². The summed E-state index contributed by atoms with van der Waals surface area (Å²) in [7, 11) is 0. The lowest BCUT2D eigenvalue weighted by Gasteiger charge is -2.04. The highest BCUT2D eigenvalue weighted by Crippen LogP contribution is 2.35. The molecule has 2 N–H and O–H groups in total. The third-order valence-corrected chi connectivity index (χ3v) is 3.31. The van der Waals surface area contributed by atoms with Crippen LogP contribution in [-0.2, 0) is 6.54 Å². The predicted octanol–water partition coefficient (Wildman–Crippen LogP) is 1.58. The average Bonchev–Trinajstić information content (AvgIpc) is 3.12. The summed E-state index contributed by atoms with van der Waals surface area (Å²) in [6, 6.07) is 9.63. The highest BCUT2D eigenvalue weighted by Gasteiger charge is 2.14. The Hall–Kier alpha value is -2.60. The van der Waals surface area contributed by atoms with Gasteiger partial charge >= 0.3 is 0 Å². The van der Waals surface area contributed by atoms with Crippen molar-refractivity contribution in [3.8, 4) is 22.8 Å². The van der Waals surface area contributed by atoms with Crippen LogP contribution in [0.5, 0.6) is 11.5 Å². The van der Waals surface area contributed by atoms with Crippen molar-refractivity contribution in [1.29, 1.82) is 0 Å². The van der Waals surface area contributed by atoms with E-state index in [1.165, 1.54) is 0 Å². The van der Waals surface area contributed by atoms with E-state index in [9.17, 15) is 0 Å². The van der Waals surface area contributed by atoms with Gasteiger partial charge in [0, 0.05) is 12.1 Å². The summed E-state index contributed by atoms with van der Waals surface area (Å²) >= 11 is 0. The zero-order valence-electron chi connectivity index (χ0n) is 10.6. The highest BCUT2D eigenvalue weighted by molar-refractivity contribution is 5.65. The van der Waals surface area contributed by atoms with E-state index >= 15 is 0 Å². The molecule has 0 amide bonds. The molecule has 0 spiro atoms. The van der Waals surface area contributed by atoms with E-state index < -0.39 is 0 Å². The van der Waals surface area contributed by atoms with Crippen molar-refractivity contribution in [3.05, 3.63) is 42.2 Å². The SMILES string of the molecule is NCc1cnc2ccc(-c3ccc4c(c3)OCO4)nn12. The van der Waals surface area contributed by atoms with Crippen LogP contribution in [-0.4, -0.2) is 21.4 Å². The number of ether oxygens (including phenoxy) is 2. The van der Waals surface area contributed by atoms with Crippen LogP contribution in [0.4, 0.5) is 0 Å². The zero-order valence-corrected chi connectivity index (χ0v) is 10.6. The van der Waals surface area contributed by atoms with Gasteiger partial charge in [-0.2, -0.15) is 5.10 Å². The third kappa shape index (κ3) is 1.62. The van der Waals surface area contributed by atoms with E-state index in [1.807, 2.05) is 30.3 Å². The maximum absolute atomic E-state index is 5.69. The van der Waals surface area contributed by atoms with Gasteiger partial charge < -0.3 is 15.2 Å². The van der Waals surface area contributed by atoms with Crippen molar-refractivity contribution in [2.75, 3.05) is 6.79 Å². The molecule has 3 aromatic rings. The minimum Gasteiger partial charge on any atom is -0.454 e. The number of benzene rings is 1. The molecule has 4 rings (SSSR count). The molecule has 2 aromatic heterocycles. The van der Waals surface area contributed by atoms with E-state index in [1.54, 1.807) is 10.7 Å². The summed E-state index contributed by atoms with van der Waals surface area (Å²) in [5, 5.41) is 4.58. The largest absolute Gasteiger partial charge is 0.454 e. The fourth-order valence-corrected chi connectivity index (χ4v) is 2.27. The van der Waals surface area contributed by atoms with E-state index in [0.717, 1.165) is 34.1 Å². The number of nitrogens with two attached hydrogens (primary N) is 1. The number of hydrogen-bond donors (Lipinski definition) is 1. The first-order chi connectivity index (χ1) is 9.85. The summed E-state index contributed by atoms with van der Waals surface area (Å²) < 4.78 is 12.5. The third-order valence-electron chi connectivity index (χ3n) is 3.31. The highest BCUT2D eigenvalue weighted by atomic mass is 16.7. The van der Waals surface area contributed by atoms with Crippen LogP contribution in [0.1, 0.15) is 5.69 Å². The smallest absolute Gasteiger partial charge is 0.231 e. The van der Waals surface area contributed by atoms with Gasteiger partial charge in [-0.3, -0.25) is 0 Å². The van der Waals surface area contributed by atoms with Gasteiger partial charge in [0.25, 0.3) is 0 Å². The Bertz CT molecular complexity index is 797. The number of fused-ring (bicyclic) bond motifs is 2. The molecule has 0 aliphatic carbocycles. The first kappa shape index (κ1) is 11.2. The predicted molar refractivity (Wildman–Crippen MR) is 72.4 cm³/mol. The second-order valence-corrected chi connectivity index (χ2v) is 4.51. The standard InChI is InChI=1S/C14H12N4O2/c15-6-10-7-16-14-4-2-11(17-18(10)14)9-1-3-12-13(5-9)20-8-19-12/h1-5,7H,6,8,15H2. The number of nitrogens with zero attached hydrogens (tertiary/aromatic N) is 3. The summed E-state index contributed by atoms with van der Waals surface area (Å²) in [6.07, 6.45) is 1.74. The molecule has 1 aliphatic heterocycles. The Morgan fingerprint density at radius 3 is 2.95 bits per heavy atom. The second-order valence-electron chi connectivity index (χ2n) is 4.51. The molecular formula is C14H12N4O2. The quantitative estimate of drug-likeness (QED) is 0.763. The molecule has 3 heterocycles. The minimum absolute atomic E-state index is 0.268. The lowest BCUT2D eigenvalue weighted by Crippen LogP contribution is -2.04. The van der Waals surface area contributed by atoms with Crippen molar-refractivity contribution >= 4 is 5.65 Å². The molecular weight excluding hydrogens is 256 g/mol. The van der Waals surface area contributed by atoms with Crippen LogP contribution in [0.3, 0.4) is 0 Å². The van der Waals surface area contributed by atoms with Crippen LogP contribution in [0.25, 0.3) is 16.9 Å². The molecule has 0 radical (unpaired) electrons. The fourth-order valence-electron chi connectivity index (χ4n) is 2.27. The number of aromatic nitrogens is 3. The van der Waals surface area contributed by atoms with Crippen LogP contribution in [0.2, 0.25) is 0 Å². The second kappa shape index (κ2) is 4.21. The van der Waals surface area contributed by atoms with Crippen LogP contribution < -0.4 is 15.2 Å². The molecule has 1 aromatic carbocycles. The average molecular weight is 268 g/mol. The van der Waals surface area contributed by atoms with Gasteiger partial charge in [-0.25, -0.2) is 9.50 Å². The van der Waals surface area contributed by atoms with Crippen molar-refractivity contribution < 1.29 is 9.47 Å². The Kier molecular flexibility index (Phi) is 2.37. The number of hydrogen-bond acceptors (Lipinski definition) is 5. The van der Waals surface area contributed by atoms with Gasteiger partial charge in [0.2, 0.25) is 6.79 Å². The zero-order chi connectivity index (χ0) is 13.5. The van der Waals surface area contributed by atoms with Crippen LogP contribution in [0.15, 0.2) is 36.5 Å². The Balaban J connectivity index is 1.85.